The Morgan fingerprint density at radius 1 is 0.846 bits per heavy atom. The summed E-state index contributed by atoms with van der Waals surface area (Å²) in [5.74, 6) is 2.70. The minimum atomic E-state index is 0.498. The van der Waals surface area contributed by atoms with Gasteiger partial charge in [0.1, 0.15) is 11.6 Å². The first-order valence-electron chi connectivity index (χ1n) is 10.2. The molecule has 3 heterocycles. The summed E-state index contributed by atoms with van der Waals surface area (Å²) in [6, 6.07) is 2.66. The summed E-state index contributed by atoms with van der Waals surface area (Å²) >= 11 is 5.52. The minimum absolute atomic E-state index is 0.498. The van der Waals surface area contributed by atoms with E-state index in [4.69, 9.17) is 22.2 Å². The smallest absolute Gasteiger partial charge is 0.232 e. The quantitative estimate of drug-likeness (QED) is 0.784. The summed E-state index contributed by atoms with van der Waals surface area (Å²) in [5, 5.41) is 7.34. The van der Waals surface area contributed by atoms with Gasteiger partial charge in [-0.1, -0.05) is 12.8 Å². The van der Waals surface area contributed by atoms with E-state index in [0.29, 0.717) is 17.1 Å². The van der Waals surface area contributed by atoms with Crippen LogP contribution in [0.3, 0.4) is 0 Å². The Labute approximate surface area is 161 Å². The van der Waals surface area contributed by atoms with Gasteiger partial charge in [-0.05, 0) is 57.2 Å². The topological polar surface area (TPSA) is 56.3 Å². The number of piperidine rings is 1. The van der Waals surface area contributed by atoms with E-state index in [1.807, 2.05) is 0 Å². The molecule has 7 heteroatoms. The number of anilines is 3. The van der Waals surface area contributed by atoms with Crippen LogP contribution in [0, 0.1) is 0 Å². The normalized spacial score (nSPS) is 21.2. The molecule has 3 aliphatic rings. The van der Waals surface area contributed by atoms with Gasteiger partial charge in [-0.15, -0.1) is 0 Å². The molecule has 26 heavy (non-hydrogen) atoms. The van der Waals surface area contributed by atoms with Crippen LogP contribution < -0.4 is 20.4 Å². The fourth-order valence-electron chi connectivity index (χ4n) is 4.26. The predicted octanol–water partition coefficient (Wildman–Crippen LogP) is 3.30. The average Bonchev–Trinajstić information content (AvgIpc) is 3.36. The van der Waals surface area contributed by atoms with Crippen molar-refractivity contribution in [2.24, 2.45) is 0 Å². The molecule has 0 atom stereocenters. The lowest BCUT2D eigenvalue weighted by Gasteiger charge is -2.29. The first kappa shape index (κ1) is 17.8. The van der Waals surface area contributed by atoms with E-state index >= 15 is 0 Å². The second kappa shape index (κ2) is 8.37. The Bertz CT molecular complexity index is 618. The molecule has 0 bridgehead atoms. The van der Waals surface area contributed by atoms with E-state index in [0.717, 1.165) is 37.8 Å². The average molecular weight is 375 g/mol. The third kappa shape index (κ3) is 4.37. The zero-order valence-electron chi connectivity index (χ0n) is 15.5. The third-order valence-corrected chi connectivity index (χ3v) is 5.94. The van der Waals surface area contributed by atoms with Crippen LogP contribution in [0.4, 0.5) is 17.6 Å². The second-order valence-corrected chi connectivity index (χ2v) is 8.14. The maximum atomic E-state index is 5.52. The van der Waals surface area contributed by atoms with Gasteiger partial charge in [-0.3, -0.25) is 0 Å². The lowest BCUT2D eigenvalue weighted by Crippen LogP contribution is -2.37. The van der Waals surface area contributed by atoms with Gasteiger partial charge in [0.25, 0.3) is 0 Å². The Kier molecular flexibility index (Phi) is 5.72. The zero-order valence-corrected chi connectivity index (χ0v) is 16.4. The highest BCUT2D eigenvalue weighted by Gasteiger charge is 2.20. The van der Waals surface area contributed by atoms with E-state index in [-0.39, 0.29) is 0 Å². The van der Waals surface area contributed by atoms with Crippen LogP contribution >= 0.6 is 12.2 Å². The molecule has 0 unspecified atom stereocenters. The van der Waals surface area contributed by atoms with Gasteiger partial charge in [0, 0.05) is 38.3 Å². The first-order chi connectivity index (χ1) is 12.8. The van der Waals surface area contributed by atoms with Gasteiger partial charge >= 0.3 is 0 Å². The molecule has 1 aromatic rings. The molecule has 142 valence electrons. The molecule has 0 aromatic carbocycles. The van der Waals surface area contributed by atoms with Crippen molar-refractivity contribution in [3.8, 4) is 0 Å². The summed E-state index contributed by atoms with van der Waals surface area (Å²) in [4.78, 5) is 14.3. The highest BCUT2D eigenvalue weighted by molar-refractivity contribution is 7.80. The SMILES string of the molecule is S=C(Nc1nc(N2CCCCC2)cc(N2CCCC2)n1)NC1CCCC1. The highest BCUT2D eigenvalue weighted by Crippen LogP contribution is 2.26. The minimum Gasteiger partial charge on any atom is -0.360 e. The maximum absolute atomic E-state index is 5.52. The third-order valence-electron chi connectivity index (χ3n) is 5.72. The summed E-state index contributed by atoms with van der Waals surface area (Å²) in [5.41, 5.74) is 0. The Hall–Kier alpha value is -1.63. The molecule has 2 N–H and O–H groups in total. The molecular weight excluding hydrogens is 344 g/mol. The molecule has 2 aliphatic heterocycles. The number of aromatic nitrogens is 2. The summed E-state index contributed by atoms with van der Waals surface area (Å²) in [6.45, 7) is 4.34. The van der Waals surface area contributed by atoms with Gasteiger partial charge in [-0.25, -0.2) is 0 Å². The monoisotopic (exact) mass is 374 g/mol. The van der Waals surface area contributed by atoms with Crippen molar-refractivity contribution in [1.29, 1.82) is 0 Å². The van der Waals surface area contributed by atoms with Crippen molar-refractivity contribution in [2.75, 3.05) is 41.3 Å². The number of hydrogen-bond donors (Lipinski definition) is 2. The van der Waals surface area contributed by atoms with E-state index < -0.39 is 0 Å². The van der Waals surface area contributed by atoms with Crippen LogP contribution in [0.2, 0.25) is 0 Å². The van der Waals surface area contributed by atoms with Crippen LogP contribution in [-0.2, 0) is 0 Å². The Morgan fingerprint density at radius 3 is 1.96 bits per heavy atom. The van der Waals surface area contributed by atoms with Crippen molar-refractivity contribution in [1.82, 2.24) is 15.3 Å². The van der Waals surface area contributed by atoms with E-state index in [2.05, 4.69) is 26.5 Å². The highest BCUT2D eigenvalue weighted by atomic mass is 32.1. The van der Waals surface area contributed by atoms with E-state index in [1.165, 1.54) is 57.8 Å². The Balaban J connectivity index is 1.51. The first-order valence-corrected chi connectivity index (χ1v) is 10.7. The van der Waals surface area contributed by atoms with Crippen LogP contribution in [0.25, 0.3) is 0 Å². The number of rotatable bonds is 4. The summed E-state index contributed by atoms with van der Waals surface area (Å²) in [7, 11) is 0. The van der Waals surface area contributed by atoms with Crippen molar-refractivity contribution in [2.45, 2.75) is 63.8 Å². The number of hydrogen-bond acceptors (Lipinski definition) is 5. The molecule has 6 nitrogen and oxygen atoms in total. The van der Waals surface area contributed by atoms with Crippen LogP contribution in [0.15, 0.2) is 6.07 Å². The standard InChI is InChI=1S/C19H30N6S/c26-19(20-15-8-2-3-9-15)23-18-21-16(24-10-4-1-5-11-24)14-17(22-18)25-12-6-7-13-25/h14-15H,1-13H2,(H2,20,21,22,23,26). The van der Waals surface area contributed by atoms with Gasteiger partial charge in [0.2, 0.25) is 5.95 Å². The van der Waals surface area contributed by atoms with Gasteiger partial charge in [-0.2, -0.15) is 9.97 Å². The molecule has 1 aliphatic carbocycles. The zero-order chi connectivity index (χ0) is 17.8. The molecule has 0 amide bonds. The number of nitrogens with zero attached hydrogens (tertiary/aromatic N) is 4. The van der Waals surface area contributed by atoms with Crippen molar-refractivity contribution in [3.63, 3.8) is 0 Å². The molecule has 3 fully saturated rings. The fourth-order valence-corrected chi connectivity index (χ4v) is 4.52. The lowest BCUT2D eigenvalue weighted by atomic mass is 10.1. The van der Waals surface area contributed by atoms with Gasteiger partial charge < -0.3 is 20.4 Å². The van der Waals surface area contributed by atoms with Crippen molar-refractivity contribution < 1.29 is 0 Å². The maximum Gasteiger partial charge on any atom is 0.232 e. The van der Waals surface area contributed by atoms with Crippen molar-refractivity contribution >= 4 is 34.9 Å². The van der Waals surface area contributed by atoms with Crippen LogP contribution in [0.5, 0.6) is 0 Å². The molecule has 4 rings (SSSR count). The van der Waals surface area contributed by atoms with Crippen LogP contribution in [-0.4, -0.2) is 47.3 Å². The fraction of sp³-hybridized carbons (Fsp3) is 0.737. The largest absolute Gasteiger partial charge is 0.360 e. The molecule has 0 radical (unpaired) electrons. The molecule has 1 saturated carbocycles. The summed E-state index contributed by atoms with van der Waals surface area (Å²) in [6.07, 6.45) is 11.3. The molecular formula is C19H30N6S. The second-order valence-electron chi connectivity index (χ2n) is 7.73. The molecule has 1 aromatic heterocycles. The number of thiocarbonyl (C=S) groups is 1. The Morgan fingerprint density at radius 2 is 1.38 bits per heavy atom. The van der Waals surface area contributed by atoms with E-state index in [1.54, 1.807) is 0 Å². The van der Waals surface area contributed by atoms with Gasteiger partial charge in [0.05, 0.1) is 0 Å². The lowest BCUT2D eigenvalue weighted by molar-refractivity contribution is 0.573. The van der Waals surface area contributed by atoms with Gasteiger partial charge in [0.15, 0.2) is 5.11 Å². The molecule has 2 saturated heterocycles. The molecule has 0 spiro atoms. The number of nitrogens with one attached hydrogen (secondary N) is 2. The summed E-state index contributed by atoms with van der Waals surface area (Å²) < 4.78 is 0. The predicted molar refractivity (Wildman–Crippen MR) is 111 cm³/mol. The van der Waals surface area contributed by atoms with E-state index in [9.17, 15) is 0 Å². The van der Waals surface area contributed by atoms with Crippen LogP contribution in [0.1, 0.15) is 57.8 Å². The van der Waals surface area contributed by atoms with Crippen molar-refractivity contribution in [3.05, 3.63) is 6.07 Å².